The highest BCUT2D eigenvalue weighted by molar-refractivity contribution is 7.63. The summed E-state index contributed by atoms with van der Waals surface area (Å²) in [7, 11) is -0.654. The molecule has 0 amide bonds. The minimum Gasteiger partial charge on any atom is -0.361 e. The normalized spacial score (nSPS) is 12.7. The van der Waals surface area contributed by atoms with Crippen LogP contribution in [0, 0.1) is 6.92 Å². The zero-order chi connectivity index (χ0) is 10.8. The number of hydrogen-bond acceptors (Lipinski definition) is 0. The van der Waals surface area contributed by atoms with E-state index in [1.54, 1.807) is 0 Å². The highest BCUT2D eigenvalue weighted by Gasteiger charge is 2.07. The van der Waals surface area contributed by atoms with E-state index in [0.717, 1.165) is 0 Å². The monoisotopic (exact) mass is 217 g/mol. The van der Waals surface area contributed by atoms with Crippen molar-refractivity contribution in [2.45, 2.75) is 6.92 Å². The van der Waals surface area contributed by atoms with Gasteiger partial charge >= 0.3 is 0 Å². The van der Waals surface area contributed by atoms with Crippen molar-refractivity contribution in [3.63, 3.8) is 0 Å². The summed E-state index contributed by atoms with van der Waals surface area (Å²) in [6.07, 6.45) is 6.19. The fourth-order valence-corrected chi connectivity index (χ4v) is 2.86. The Balaban J connectivity index is 2.63. The molecule has 2 rings (SSSR count). The third-order valence-corrected chi connectivity index (χ3v) is 3.97. The molecular weight excluding hydrogens is 201 g/mol. The van der Waals surface area contributed by atoms with Crippen LogP contribution in [0.1, 0.15) is 5.56 Å². The maximum absolute atomic E-state index is 4.20. The van der Waals surface area contributed by atoms with Gasteiger partial charge in [-0.2, -0.15) is 0 Å². The first-order valence-corrected chi connectivity index (χ1v) is 7.30. The van der Waals surface area contributed by atoms with Gasteiger partial charge in [-0.25, -0.2) is 0 Å². The number of rotatable bonds is 2. The van der Waals surface area contributed by atoms with Gasteiger partial charge in [-0.3, -0.25) is 0 Å². The van der Waals surface area contributed by atoms with Gasteiger partial charge in [0, 0.05) is 17.5 Å². The van der Waals surface area contributed by atoms with Gasteiger partial charge in [-0.1, -0.05) is 38.1 Å². The summed E-state index contributed by atoms with van der Waals surface area (Å²) in [5.41, 5.74) is 3.84. The first kappa shape index (κ1) is 10.3. The van der Waals surface area contributed by atoms with E-state index in [1.807, 2.05) is 6.20 Å². The van der Waals surface area contributed by atoms with Crippen LogP contribution in [-0.4, -0.2) is 17.9 Å². The van der Waals surface area contributed by atoms with Gasteiger partial charge in [-0.05, 0) is 30.5 Å². The predicted octanol–water partition coefficient (Wildman–Crippen LogP) is 2.89. The molecule has 0 aliphatic heterocycles. The van der Waals surface area contributed by atoms with Crippen LogP contribution in [0.4, 0.5) is 0 Å². The Labute approximate surface area is 91.6 Å². The van der Waals surface area contributed by atoms with E-state index < -0.39 is 7.55 Å². The molecule has 2 heteroatoms. The third-order valence-electron chi connectivity index (χ3n) is 2.61. The number of aromatic amines is 1. The predicted molar refractivity (Wildman–Crippen MR) is 72.0 cm³/mol. The Kier molecular flexibility index (Phi) is 2.83. The smallest absolute Gasteiger partial charge is 0.0489 e. The average Bonchev–Trinajstić information content (AvgIpc) is 2.64. The van der Waals surface area contributed by atoms with Crippen LogP contribution in [0.2, 0.25) is 0 Å². The summed E-state index contributed by atoms with van der Waals surface area (Å²) >= 11 is 0. The fourth-order valence-electron chi connectivity index (χ4n) is 1.81. The summed E-state index contributed by atoms with van der Waals surface area (Å²) < 4.78 is 0. The summed E-state index contributed by atoms with van der Waals surface area (Å²) in [5.74, 6) is 0. The van der Waals surface area contributed by atoms with Crippen LogP contribution in [-0.2, 0) is 0 Å². The lowest BCUT2D eigenvalue weighted by Crippen LogP contribution is -2.01. The van der Waals surface area contributed by atoms with Crippen LogP contribution >= 0.6 is 7.55 Å². The first-order chi connectivity index (χ1) is 7.20. The Morgan fingerprint density at radius 2 is 1.93 bits per heavy atom. The molecule has 1 heterocycles. The lowest BCUT2D eigenvalue weighted by Gasteiger charge is -2.09. The molecule has 78 valence electrons. The Morgan fingerprint density at radius 1 is 1.20 bits per heavy atom. The van der Waals surface area contributed by atoms with Crippen LogP contribution in [0.3, 0.4) is 0 Å². The average molecular weight is 217 g/mol. The molecule has 0 fully saturated rings. The standard InChI is InChI=1S/C13H16NP/c1-10-8-9-14-13(10)11-6-4-5-7-12(11)15(2)3/h4-9,14-15H,2H2,1,3H3. The van der Waals surface area contributed by atoms with Crippen LogP contribution in [0.25, 0.3) is 11.3 Å². The van der Waals surface area contributed by atoms with Crippen molar-refractivity contribution >= 4 is 19.1 Å². The molecule has 1 aromatic heterocycles. The number of aromatic nitrogens is 1. The van der Waals surface area contributed by atoms with Crippen molar-refractivity contribution in [3.8, 4) is 11.3 Å². The molecule has 1 unspecified atom stereocenters. The number of benzene rings is 1. The molecule has 2 aromatic rings. The minimum absolute atomic E-state index is 0.654. The van der Waals surface area contributed by atoms with E-state index in [0.29, 0.717) is 0 Å². The van der Waals surface area contributed by atoms with E-state index in [9.17, 15) is 0 Å². The van der Waals surface area contributed by atoms with Gasteiger partial charge in [0.25, 0.3) is 0 Å². The molecule has 0 saturated carbocycles. The molecule has 1 nitrogen and oxygen atoms in total. The Hall–Kier alpha value is -1.20. The van der Waals surface area contributed by atoms with E-state index in [1.165, 1.54) is 22.1 Å². The molecule has 1 N–H and O–H groups in total. The van der Waals surface area contributed by atoms with Crippen molar-refractivity contribution in [2.75, 3.05) is 6.66 Å². The minimum atomic E-state index is -0.654. The zero-order valence-electron chi connectivity index (χ0n) is 9.17. The SMILES string of the molecule is C=[PH](C)c1ccccc1-c1[nH]ccc1C. The van der Waals surface area contributed by atoms with Crippen molar-refractivity contribution < 1.29 is 0 Å². The highest BCUT2D eigenvalue weighted by atomic mass is 31.1. The molecule has 15 heavy (non-hydrogen) atoms. The van der Waals surface area contributed by atoms with Gasteiger partial charge in [0.15, 0.2) is 0 Å². The zero-order valence-corrected chi connectivity index (χ0v) is 10.2. The van der Waals surface area contributed by atoms with E-state index >= 15 is 0 Å². The van der Waals surface area contributed by atoms with Crippen molar-refractivity contribution in [3.05, 3.63) is 42.1 Å². The quantitative estimate of drug-likeness (QED) is 0.744. The van der Waals surface area contributed by atoms with Gasteiger partial charge in [-0.15, -0.1) is 0 Å². The molecule has 0 bridgehead atoms. The summed E-state index contributed by atoms with van der Waals surface area (Å²) in [6, 6.07) is 10.7. The molecule has 0 spiro atoms. The maximum Gasteiger partial charge on any atom is 0.0489 e. The van der Waals surface area contributed by atoms with E-state index in [2.05, 4.69) is 55.2 Å². The van der Waals surface area contributed by atoms with Gasteiger partial charge in [0.2, 0.25) is 0 Å². The summed E-state index contributed by atoms with van der Waals surface area (Å²) in [5, 5.41) is 1.40. The van der Waals surface area contributed by atoms with Gasteiger partial charge < -0.3 is 4.98 Å². The second-order valence-electron chi connectivity index (χ2n) is 3.86. The van der Waals surface area contributed by atoms with Gasteiger partial charge in [0.1, 0.15) is 0 Å². The number of nitrogens with one attached hydrogen (secondary N) is 1. The topological polar surface area (TPSA) is 15.8 Å². The largest absolute Gasteiger partial charge is 0.361 e. The highest BCUT2D eigenvalue weighted by Crippen LogP contribution is 2.26. The van der Waals surface area contributed by atoms with Crippen molar-refractivity contribution in [2.24, 2.45) is 0 Å². The van der Waals surface area contributed by atoms with Crippen LogP contribution in [0.15, 0.2) is 36.5 Å². The number of H-pyrrole nitrogens is 1. The Morgan fingerprint density at radius 3 is 2.53 bits per heavy atom. The van der Waals surface area contributed by atoms with Crippen LogP contribution in [0.5, 0.6) is 0 Å². The van der Waals surface area contributed by atoms with Crippen molar-refractivity contribution in [1.82, 2.24) is 4.98 Å². The summed E-state index contributed by atoms with van der Waals surface area (Å²) in [4.78, 5) is 3.31. The molecule has 0 aliphatic rings. The molecular formula is C13H16NP. The lowest BCUT2D eigenvalue weighted by molar-refractivity contribution is 1.38. The number of aryl methyl sites for hydroxylation is 1. The second kappa shape index (κ2) is 4.12. The third kappa shape index (κ3) is 1.93. The van der Waals surface area contributed by atoms with Gasteiger partial charge in [0.05, 0.1) is 0 Å². The second-order valence-corrected chi connectivity index (χ2v) is 5.96. The maximum atomic E-state index is 4.20. The van der Waals surface area contributed by atoms with E-state index in [4.69, 9.17) is 0 Å². The van der Waals surface area contributed by atoms with E-state index in [-0.39, 0.29) is 0 Å². The summed E-state index contributed by atoms with van der Waals surface area (Å²) in [6.45, 7) is 4.36. The molecule has 0 radical (unpaired) electrons. The van der Waals surface area contributed by atoms with Crippen molar-refractivity contribution in [1.29, 1.82) is 0 Å². The molecule has 1 atom stereocenters. The van der Waals surface area contributed by atoms with Crippen LogP contribution < -0.4 is 5.30 Å². The molecule has 0 aliphatic carbocycles. The fraction of sp³-hybridized carbons (Fsp3) is 0.154. The number of hydrogen-bond donors (Lipinski definition) is 1. The first-order valence-electron chi connectivity index (χ1n) is 5.09. The molecule has 0 saturated heterocycles. The lowest BCUT2D eigenvalue weighted by atomic mass is 10.1. The Bertz CT molecular complexity index is 497. The molecule has 1 aromatic carbocycles.